The van der Waals surface area contributed by atoms with Crippen LogP contribution in [0.2, 0.25) is 0 Å². The van der Waals surface area contributed by atoms with E-state index in [4.69, 9.17) is 5.11 Å². The van der Waals surface area contributed by atoms with Crippen LogP contribution >= 0.6 is 0 Å². The van der Waals surface area contributed by atoms with Crippen LogP contribution in [0.1, 0.15) is 80.9 Å². The molecule has 2 N–H and O–H groups in total. The molecule has 0 heterocycles. The van der Waals surface area contributed by atoms with Gasteiger partial charge in [-0.3, -0.25) is 9.59 Å². The quantitative estimate of drug-likeness (QED) is 0.558. The van der Waals surface area contributed by atoms with Crippen molar-refractivity contribution in [3.8, 4) is 5.75 Å². The summed E-state index contributed by atoms with van der Waals surface area (Å²) in [6.07, 6.45) is 1.92. The number of hydrogen-bond acceptors (Lipinski definition) is 3. The number of carboxylic acid groups (broad SMARTS) is 1. The molecular weight excluding hydrogens is 364 g/mol. The lowest BCUT2D eigenvalue weighted by Crippen LogP contribution is -2.25. The first-order chi connectivity index (χ1) is 13.4. The summed E-state index contributed by atoms with van der Waals surface area (Å²) in [7, 11) is 0. The smallest absolute Gasteiger partial charge is 0.303 e. The first kappa shape index (κ1) is 22.7. The number of aryl methyl sites for hydroxylation is 1. The molecule has 2 rings (SSSR count). The van der Waals surface area contributed by atoms with Crippen LogP contribution in [0.5, 0.6) is 5.75 Å². The second kappa shape index (κ2) is 8.81. The van der Waals surface area contributed by atoms with Gasteiger partial charge in [-0.05, 0) is 41.7 Å². The van der Waals surface area contributed by atoms with E-state index in [0.29, 0.717) is 18.4 Å². The zero-order valence-electron chi connectivity index (χ0n) is 18.1. The van der Waals surface area contributed by atoms with Gasteiger partial charge in [0.1, 0.15) is 5.75 Å². The predicted octanol–water partition coefficient (Wildman–Crippen LogP) is 5.74. The zero-order chi connectivity index (χ0) is 21.8. The number of aromatic hydroxyl groups is 1. The summed E-state index contributed by atoms with van der Waals surface area (Å²) in [6.45, 7) is 10.6. The van der Waals surface area contributed by atoms with Crippen LogP contribution in [0.3, 0.4) is 0 Å². The van der Waals surface area contributed by atoms with Crippen molar-refractivity contribution >= 4 is 11.8 Å². The molecule has 4 heteroatoms. The van der Waals surface area contributed by atoms with Crippen molar-refractivity contribution < 1.29 is 19.8 Å². The highest BCUT2D eigenvalue weighted by molar-refractivity contribution is 6.11. The topological polar surface area (TPSA) is 74.6 Å². The molecule has 0 spiro atoms. The summed E-state index contributed by atoms with van der Waals surface area (Å²) in [5.74, 6) is -1.04. The molecule has 0 aliphatic carbocycles. The lowest BCUT2D eigenvalue weighted by Gasteiger charge is -2.34. The van der Waals surface area contributed by atoms with Crippen molar-refractivity contribution in [1.29, 1.82) is 0 Å². The highest BCUT2D eigenvalue weighted by atomic mass is 16.4. The van der Waals surface area contributed by atoms with Gasteiger partial charge in [-0.1, -0.05) is 71.0 Å². The van der Waals surface area contributed by atoms with Gasteiger partial charge in [-0.2, -0.15) is 0 Å². The van der Waals surface area contributed by atoms with Gasteiger partial charge in [0.2, 0.25) is 0 Å². The van der Waals surface area contributed by atoms with E-state index in [1.165, 1.54) is 0 Å². The number of phenolic OH excluding ortho intramolecular Hbond substituents is 1. The van der Waals surface area contributed by atoms with Gasteiger partial charge >= 0.3 is 5.97 Å². The molecule has 0 aliphatic rings. The van der Waals surface area contributed by atoms with Crippen LogP contribution < -0.4 is 0 Å². The predicted molar refractivity (Wildman–Crippen MR) is 116 cm³/mol. The molecule has 4 nitrogen and oxygen atoms in total. The molecule has 0 aliphatic heterocycles. The largest absolute Gasteiger partial charge is 0.507 e. The van der Waals surface area contributed by atoms with E-state index < -0.39 is 5.97 Å². The SMILES string of the molecule is CC(C)(C)CC(C)(C)c1cc(CCCC(=O)O)cc(C(=O)c2ccccc2)c1O. The van der Waals surface area contributed by atoms with Gasteiger partial charge in [0.15, 0.2) is 5.78 Å². The number of carboxylic acids is 1. The normalized spacial score (nSPS) is 12.0. The molecule has 0 saturated heterocycles. The highest BCUT2D eigenvalue weighted by Crippen LogP contribution is 2.42. The highest BCUT2D eigenvalue weighted by Gasteiger charge is 2.32. The Morgan fingerprint density at radius 2 is 1.59 bits per heavy atom. The molecule has 2 aromatic rings. The maximum absolute atomic E-state index is 13.1. The Kier molecular flexibility index (Phi) is 6.89. The third kappa shape index (κ3) is 6.18. The van der Waals surface area contributed by atoms with E-state index in [2.05, 4.69) is 34.6 Å². The number of carbonyl (C=O) groups excluding carboxylic acids is 1. The van der Waals surface area contributed by atoms with Crippen LogP contribution in [0.15, 0.2) is 42.5 Å². The number of carbonyl (C=O) groups is 2. The standard InChI is InChI=1S/C25H32O4/c1-24(2,3)16-25(4,5)20-15-17(10-9-13-21(26)27)14-19(23(20)29)22(28)18-11-7-6-8-12-18/h6-8,11-12,14-15,29H,9-10,13,16H2,1-5H3,(H,26,27). The average Bonchev–Trinajstić information content (AvgIpc) is 2.60. The second-order valence-electron chi connectivity index (χ2n) is 9.60. The number of benzene rings is 2. The molecule has 0 saturated carbocycles. The fourth-order valence-corrected chi connectivity index (χ4v) is 4.14. The summed E-state index contributed by atoms with van der Waals surface area (Å²) in [5, 5.41) is 20.0. The minimum Gasteiger partial charge on any atom is -0.507 e. The van der Waals surface area contributed by atoms with E-state index in [9.17, 15) is 14.7 Å². The molecular formula is C25H32O4. The van der Waals surface area contributed by atoms with Gasteiger partial charge < -0.3 is 10.2 Å². The van der Waals surface area contributed by atoms with Gasteiger partial charge in [-0.15, -0.1) is 0 Å². The Bertz CT molecular complexity index is 874. The molecule has 0 amide bonds. The van der Waals surface area contributed by atoms with Gasteiger partial charge in [0, 0.05) is 17.5 Å². The third-order valence-electron chi connectivity index (χ3n) is 5.01. The first-order valence-electron chi connectivity index (χ1n) is 10.1. The van der Waals surface area contributed by atoms with Crippen LogP contribution in [0.25, 0.3) is 0 Å². The van der Waals surface area contributed by atoms with Crippen molar-refractivity contribution in [3.05, 3.63) is 64.7 Å². The van der Waals surface area contributed by atoms with E-state index in [-0.39, 0.29) is 34.3 Å². The molecule has 0 bridgehead atoms. The summed E-state index contributed by atoms with van der Waals surface area (Å²) < 4.78 is 0. The van der Waals surface area contributed by atoms with E-state index in [0.717, 1.165) is 17.5 Å². The zero-order valence-corrected chi connectivity index (χ0v) is 18.1. The maximum Gasteiger partial charge on any atom is 0.303 e. The monoisotopic (exact) mass is 396 g/mol. The second-order valence-corrected chi connectivity index (χ2v) is 9.60. The van der Waals surface area contributed by atoms with E-state index >= 15 is 0 Å². The maximum atomic E-state index is 13.1. The fraction of sp³-hybridized carbons (Fsp3) is 0.440. The molecule has 0 aromatic heterocycles. The third-order valence-corrected chi connectivity index (χ3v) is 5.01. The number of phenols is 1. The van der Waals surface area contributed by atoms with Crippen molar-refractivity contribution in [1.82, 2.24) is 0 Å². The van der Waals surface area contributed by atoms with Crippen molar-refractivity contribution in [2.75, 3.05) is 0 Å². The molecule has 29 heavy (non-hydrogen) atoms. The molecule has 0 radical (unpaired) electrons. The van der Waals surface area contributed by atoms with E-state index in [1.807, 2.05) is 12.1 Å². The Hall–Kier alpha value is -2.62. The van der Waals surface area contributed by atoms with Gasteiger partial charge in [-0.25, -0.2) is 0 Å². The Morgan fingerprint density at radius 3 is 2.14 bits per heavy atom. The average molecular weight is 397 g/mol. The Labute approximate surface area is 173 Å². The van der Waals surface area contributed by atoms with Crippen LogP contribution in [-0.4, -0.2) is 22.0 Å². The van der Waals surface area contributed by atoms with Crippen molar-refractivity contribution in [3.63, 3.8) is 0 Å². The van der Waals surface area contributed by atoms with Gasteiger partial charge in [0.05, 0.1) is 5.56 Å². The Morgan fingerprint density at radius 1 is 0.966 bits per heavy atom. The number of aliphatic carboxylic acids is 1. The lowest BCUT2D eigenvalue weighted by molar-refractivity contribution is -0.137. The number of ketones is 1. The minimum atomic E-state index is -0.836. The summed E-state index contributed by atoms with van der Waals surface area (Å²) in [5.41, 5.74) is 2.10. The van der Waals surface area contributed by atoms with Gasteiger partial charge in [0.25, 0.3) is 0 Å². The summed E-state index contributed by atoms with van der Waals surface area (Å²) in [4.78, 5) is 24.0. The molecule has 156 valence electrons. The molecule has 2 aromatic carbocycles. The summed E-state index contributed by atoms with van der Waals surface area (Å²) in [6, 6.07) is 12.6. The number of hydrogen-bond donors (Lipinski definition) is 2. The number of rotatable bonds is 8. The lowest BCUT2D eigenvalue weighted by atomic mass is 9.71. The van der Waals surface area contributed by atoms with Crippen LogP contribution in [0, 0.1) is 5.41 Å². The fourth-order valence-electron chi connectivity index (χ4n) is 4.14. The van der Waals surface area contributed by atoms with E-state index in [1.54, 1.807) is 30.3 Å². The Balaban J connectivity index is 2.54. The van der Waals surface area contributed by atoms with Crippen molar-refractivity contribution in [2.24, 2.45) is 5.41 Å². The van der Waals surface area contributed by atoms with Crippen LogP contribution in [0.4, 0.5) is 0 Å². The molecule has 0 unspecified atom stereocenters. The minimum absolute atomic E-state index is 0.0232. The molecule has 0 atom stereocenters. The van der Waals surface area contributed by atoms with Crippen molar-refractivity contribution in [2.45, 2.75) is 65.7 Å². The summed E-state index contributed by atoms with van der Waals surface area (Å²) >= 11 is 0. The van der Waals surface area contributed by atoms with Crippen LogP contribution in [-0.2, 0) is 16.6 Å². The first-order valence-corrected chi connectivity index (χ1v) is 10.1. The molecule has 0 fully saturated rings.